The molecule has 0 bridgehead atoms. The van der Waals surface area contributed by atoms with Crippen LogP contribution in [0.2, 0.25) is 0 Å². The zero-order valence-electron chi connectivity index (χ0n) is 6.12. The average Bonchev–Trinajstić information content (AvgIpc) is 1.80. The fraction of sp³-hybridized carbons (Fsp3) is 0.800. The molecule has 0 rings (SSSR count). The molecule has 3 nitrogen and oxygen atoms in total. The fourth-order valence-electron chi connectivity index (χ4n) is 0.281. The molecule has 0 fully saturated rings. The Morgan fingerprint density at radius 2 is 1.82 bits per heavy atom. The quantitative estimate of drug-likeness (QED) is 0.595. The number of hydrogen-bond donors (Lipinski definition) is 2. The van der Waals surface area contributed by atoms with Crippen LogP contribution >= 0.6 is 0 Å². The number of alkyl halides is 3. The maximum absolute atomic E-state index is 11.4. The Labute approximate surface area is 61.9 Å². The van der Waals surface area contributed by atoms with Gasteiger partial charge >= 0.3 is 12.1 Å². The molecule has 11 heavy (non-hydrogen) atoms. The van der Waals surface area contributed by atoms with Crippen molar-refractivity contribution >= 4 is 5.91 Å². The third-order valence-corrected chi connectivity index (χ3v) is 0.732. The Hall–Kier alpha value is -0.780. The average molecular weight is 170 g/mol. The molecule has 2 N–H and O–H groups in total. The van der Waals surface area contributed by atoms with Crippen molar-refractivity contribution in [2.45, 2.75) is 26.1 Å². The number of amides is 1. The van der Waals surface area contributed by atoms with Crippen LogP contribution in [0.5, 0.6) is 0 Å². The molecule has 0 aliphatic heterocycles. The van der Waals surface area contributed by atoms with Gasteiger partial charge in [0.25, 0.3) is 0 Å². The van der Waals surface area contributed by atoms with Crippen LogP contribution in [0, 0.1) is 0 Å². The molecule has 0 aromatic rings. The van der Waals surface area contributed by atoms with Crippen molar-refractivity contribution in [1.29, 1.82) is 0 Å². The highest BCUT2D eigenvalue weighted by Gasteiger charge is 2.38. The summed E-state index contributed by atoms with van der Waals surface area (Å²) in [6, 6.07) is -0.221. The van der Waals surface area contributed by atoms with E-state index in [1.165, 1.54) is 5.43 Å². The number of nitrogens with one attached hydrogen (secondary N) is 2. The minimum Gasteiger partial charge on any atom is -0.283 e. The van der Waals surface area contributed by atoms with Crippen molar-refractivity contribution in [2.24, 2.45) is 0 Å². The predicted molar refractivity (Wildman–Crippen MR) is 32.5 cm³/mol. The molecule has 0 aliphatic carbocycles. The van der Waals surface area contributed by atoms with Crippen LogP contribution in [-0.4, -0.2) is 18.1 Å². The summed E-state index contributed by atoms with van der Waals surface area (Å²) in [5.41, 5.74) is 3.64. The standard InChI is InChI=1S/C5H9F3N2O/c1-3(2)9-10-4(11)5(6,7)8/h3,9H,1-2H3,(H,10,11). The van der Waals surface area contributed by atoms with Crippen LogP contribution in [-0.2, 0) is 4.79 Å². The molecule has 6 heteroatoms. The number of rotatable bonds is 2. The second kappa shape index (κ2) is 3.56. The first-order valence-electron chi connectivity index (χ1n) is 2.96. The summed E-state index contributed by atoms with van der Waals surface area (Å²) in [5, 5.41) is 0. The third kappa shape index (κ3) is 4.60. The molecule has 0 aromatic heterocycles. The van der Waals surface area contributed by atoms with Gasteiger partial charge in [0.1, 0.15) is 0 Å². The van der Waals surface area contributed by atoms with Gasteiger partial charge in [0.2, 0.25) is 0 Å². The van der Waals surface area contributed by atoms with Crippen molar-refractivity contribution in [3.8, 4) is 0 Å². The highest BCUT2D eigenvalue weighted by Crippen LogP contribution is 2.13. The summed E-state index contributed by atoms with van der Waals surface area (Å²) < 4.78 is 34.3. The van der Waals surface area contributed by atoms with Gasteiger partial charge in [0.05, 0.1) is 0 Å². The Balaban J connectivity index is 3.71. The first kappa shape index (κ1) is 10.2. The monoisotopic (exact) mass is 170 g/mol. The van der Waals surface area contributed by atoms with Crippen molar-refractivity contribution in [3.05, 3.63) is 0 Å². The number of carbonyl (C=O) groups excluding carboxylic acids is 1. The van der Waals surface area contributed by atoms with Crippen LogP contribution in [0.15, 0.2) is 0 Å². The summed E-state index contributed by atoms with van der Waals surface area (Å²) in [5.74, 6) is -1.98. The van der Waals surface area contributed by atoms with E-state index in [4.69, 9.17) is 0 Å². The van der Waals surface area contributed by atoms with Crippen LogP contribution in [0.1, 0.15) is 13.8 Å². The summed E-state index contributed by atoms with van der Waals surface area (Å²) in [7, 11) is 0. The maximum Gasteiger partial charge on any atom is 0.472 e. The van der Waals surface area contributed by atoms with Gasteiger partial charge in [-0.3, -0.25) is 10.2 Å². The van der Waals surface area contributed by atoms with E-state index in [0.29, 0.717) is 0 Å². The number of hydrazine groups is 1. The summed E-state index contributed by atoms with van der Waals surface area (Å²) >= 11 is 0. The van der Waals surface area contributed by atoms with E-state index in [-0.39, 0.29) is 6.04 Å². The summed E-state index contributed by atoms with van der Waals surface area (Å²) in [4.78, 5) is 10.1. The zero-order valence-corrected chi connectivity index (χ0v) is 6.12. The number of hydrogen-bond acceptors (Lipinski definition) is 2. The van der Waals surface area contributed by atoms with Gasteiger partial charge in [-0.1, -0.05) is 0 Å². The minimum absolute atomic E-state index is 0.221. The van der Waals surface area contributed by atoms with Gasteiger partial charge in [0.15, 0.2) is 0 Å². The number of halogens is 3. The van der Waals surface area contributed by atoms with Gasteiger partial charge < -0.3 is 0 Å². The molecule has 0 atom stereocenters. The molecule has 0 saturated carbocycles. The Morgan fingerprint density at radius 3 is 2.09 bits per heavy atom. The molecule has 0 aromatic carbocycles. The maximum atomic E-state index is 11.4. The second-order valence-electron chi connectivity index (χ2n) is 2.25. The van der Waals surface area contributed by atoms with E-state index < -0.39 is 12.1 Å². The molecule has 0 radical (unpaired) electrons. The fourth-order valence-corrected chi connectivity index (χ4v) is 0.281. The van der Waals surface area contributed by atoms with Crippen LogP contribution < -0.4 is 10.9 Å². The lowest BCUT2D eigenvalue weighted by molar-refractivity contribution is -0.174. The molecule has 1 amide bonds. The molecule has 0 saturated heterocycles. The molecule has 0 unspecified atom stereocenters. The topological polar surface area (TPSA) is 41.1 Å². The van der Waals surface area contributed by atoms with E-state index in [9.17, 15) is 18.0 Å². The van der Waals surface area contributed by atoms with Crippen LogP contribution in [0.4, 0.5) is 13.2 Å². The van der Waals surface area contributed by atoms with Crippen molar-refractivity contribution < 1.29 is 18.0 Å². The largest absolute Gasteiger partial charge is 0.472 e. The van der Waals surface area contributed by atoms with E-state index in [1.807, 2.05) is 0 Å². The first-order valence-corrected chi connectivity index (χ1v) is 2.96. The zero-order chi connectivity index (χ0) is 9.07. The molecular weight excluding hydrogens is 161 g/mol. The lowest BCUT2D eigenvalue weighted by atomic mass is 10.4. The molecule has 66 valence electrons. The van der Waals surface area contributed by atoms with Gasteiger partial charge in [-0.25, -0.2) is 5.43 Å². The van der Waals surface area contributed by atoms with Crippen molar-refractivity contribution in [2.75, 3.05) is 0 Å². The Morgan fingerprint density at radius 1 is 1.36 bits per heavy atom. The SMILES string of the molecule is CC(C)NNC(=O)C(F)(F)F. The third-order valence-electron chi connectivity index (χ3n) is 0.732. The molecule has 0 heterocycles. The minimum atomic E-state index is -4.82. The van der Waals surface area contributed by atoms with Gasteiger partial charge in [0, 0.05) is 6.04 Å². The molecule has 0 spiro atoms. The highest BCUT2D eigenvalue weighted by molar-refractivity contribution is 5.81. The van der Waals surface area contributed by atoms with Crippen molar-refractivity contribution in [1.82, 2.24) is 10.9 Å². The van der Waals surface area contributed by atoms with Gasteiger partial charge in [-0.2, -0.15) is 13.2 Å². The second-order valence-corrected chi connectivity index (χ2v) is 2.25. The van der Waals surface area contributed by atoms with Crippen LogP contribution in [0.25, 0.3) is 0 Å². The van der Waals surface area contributed by atoms with Gasteiger partial charge in [-0.15, -0.1) is 0 Å². The predicted octanol–water partition coefficient (Wildman–Crippen LogP) is 0.578. The summed E-state index contributed by atoms with van der Waals surface area (Å²) in [6.45, 7) is 3.22. The van der Waals surface area contributed by atoms with E-state index in [2.05, 4.69) is 5.43 Å². The molecule has 0 aliphatic rings. The van der Waals surface area contributed by atoms with E-state index in [0.717, 1.165) is 0 Å². The Kier molecular flexibility index (Phi) is 3.31. The van der Waals surface area contributed by atoms with Crippen LogP contribution in [0.3, 0.4) is 0 Å². The lowest BCUT2D eigenvalue weighted by Crippen LogP contribution is -2.47. The van der Waals surface area contributed by atoms with E-state index >= 15 is 0 Å². The highest BCUT2D eigenvalue weighted by atomic mass is 19.4. The van der Waals surface area contributed by atoms with E-state index in [1.54, 1.807) is 13.8 Å². The van der Waals surface area contributed by atoms with Crippen molar-refractivity contribution in [3.63, 3.8) is 0 Å². The van der Waals surface area contributed by atoms with Gasteiger partial charge in [-0.05, 0) is 13.8 Å². The smallest absolute Gasteiger partial charge is 0.283 e. The Bertz CT molecular complexity index is 143. The first-order chi connectivity index (χ1) is 4.84. The molecular formula is C5H9F3N2O. The number of carbonyl (C=O) groups is 1. The normalized spacial score (nSPS) is 11.8. The lowest BCUT2D eigenvalue weighted by Gasteiger charge is -2.10. The summed E-state index contributed by atoms with van der Waals surface area (Å²) in [6.07, 6.45) is -4.82.